The molecule has 88 valence electrons. The van der Waals surface area contributed by atoms with Crippen LogP contribution in [0.15, 0.2) is 11.6 Å². The lowest BCUT2D eigenvalue weighted by Crippen LogP contribution is -2.36. The quantitative estimate of drug-likeness (QED) is 0.531. The number of rotatable bonds is 2. The summed E-state index contributed by atoms with van der Waals surface area (Å²) in [6.45, 7) is 2.78. The Labute approximate surface area is 95.8 Å². The normalized spacial score (nSPS) is 41.2. The predicted octanol–water partition coefficient (Wildman–Crippen LogP) is 2.41. The molecule has 2 bridgehead atoms. The van der Waals surface area contributed by atoms with Gasteiger partial charge in [0.1, 0.15) is 0 Å². The summed E-state index contributed by atoms with van der Waals surface area (Å²) in [5, 5.41) is 0. The van der Waals surface area contributed by atoms with E-state index in [1.54, 1.807) is 0 Å². The lowest BCUT2D eigenvalue weighted by atomic mass is 9.77. The number of hydrogen-bond donors (Lipinski definition) is 0. The first kappa shape index (κ1) is 10.3. The van der Waals surface area contributed by atoms with Gasteiger partial charge in [-0.25, -0.2) is 0 Å². The van der Waals surface area contributed by atoms with Gasteiger partial charge in [0.2, 0.25) is 6.29 Å². The van der Waals surface area contributed by atoms with Crippen LogP contribution in [0.1, 0.15) is 39.0 Å². The molecule has 3 rings (SSSR count). The molecule has 1 saturated carbocycles. The van der Waals surface area contributed by atoms with Crippen LogP contribution in [0, 0.1) is 11.3 Å². The van der Waals surface area contributed by atoms with Crippen molar-refractivity contribution in [2.75, 3.05) is 6.61 Å². The molecule has 0 radical (unpaired) electrons. The van der Waals surface area contributed by atoms with Crippen molar-refractivity contribution < 1.29 is 14.3 Å². The predicted molar refractivity (Wildman–Crippen MR) is 58.6 cm³/mol. The summed E-state index contributed by atoms with van der Waals surface area (Å²) in [5.41, 5.74) is 1.16. The molecule has 3 unspecified atom stereocenters. The van der Waals surface area contributed by atoms with Gasteiger partial charge >= 0.3 is 5.97 Å². The molecule has 2 aliphatic carbocycles. The van der Waals surface area contributed by atoms with E-state index in [2.05, 4.69) is 13.0 Å². The number of carbonyl (C=O) groups is 1. The molecule has 2 fully saturated rings. The summed E-state index contributed by atoms with van der Waals surface area (Å²) < 4.78 is 10.8. The Morgan fingerprint density at radius 1 is 1.62 bits per heavy atom. The van der Waals surface area contributed by atoms with Gasteiger partial charge in [0.05, 0.1) is 12.0 Å². The van der Waals surface area contributed by atoms with Crippen LogP contribution in [0.25, 0.3) is 0 Å². The highest BCUT2D eigenvalue weighted by molar-refractivity contribution is 5.78. The standard InChI is InChI=1S/C13H18O3/c1-13(8-9-4-5-10(13)7-9)12(14)16-11-3-2-6-15-11/h4,10-11H,2-3,5-8H2,1H3. The summed E-state index contributed by atoms with van der Waals surface area (Å²) in [6, 6.07) is 0. The fraction of sp³-hybridized carbons (Fsp3) is 0.769. The van der Waals surface area contributed by atoms with Crippen molar-refractivity contribution in [2.24, 2.45) is 11.3 Å². The third kappa shape index (κ3) is 1.49. The maximum Gasteiger partial charge on any atom is 0.314 e. The van der Waals surface area contributed by atoms with E-state index in [0.717, 1.165) is 38.7 Å². The Balaban J connectivity index is 1.68. The van der Waals surface area contributed by atoms with Crippen LogP contribution in [-0.4, -0.2) is 18.9 Å². The first-order valence-corrected chi connectivity index (χ1v) is 6.19. The summed E-state index contributed by atoms with van der Waals surface area (Å²) >= 11 is 0. The molecule has 3 atom stereocenters. The number of allylic oxidation sites excluding steroid dienone is 2. The monoisotopic (exact) mass is 222 g/mol. The maximum absolute atomic E-state index is 12.2. The summed E-state index contributed by atoms with van der Waals surface area (Å²) in [6.07, 6.45) is 6.90. The average Bonchev–Trinajstić information content (AvgIpc) is 2.92. The number of ether oxygens (including phenoxy) is 2. The number of esters is 1. The zero-order chi connectivity index (χ0) is 11.2. The summed E-state index contributed by atoms with van der Waals surface area (Å²) in [4.78, 5) is 12.2. The van der Waals surface area contributed by atoms with E-state index < -0.39 is 0 Å². The van der Waals surface area contributed by atoms with Gasteiger partial charge < -0.3 is 9.47 Å². The van der Waals surface area contributed by atoms with Crippen LogP contribution >= 0.6 is 0 Å². The second-order valence-electron chi connectivity index (χ2n) is 5.44. The SMILES string of the molecule is CC1(C(=O)OC2CCCO2)CC2=CCC1C2. The van der Waals surface area contributed by atoms with Crippen molar-refractivity contribution in [1.29, 1.82) is 0 Å². The summed E-state index contributed by atoms with van der Waals surface area (Å²) in [5.74, 6) is 0.420. The van der Waals surface area contributed by atoms with Crippen LogP contribution < -0.4 is 0 Å². The average molecular weight is 222 g/mol. The van der Waals surface area contributed by atoms with E-state index in [1.165, 1.54) is 5.57 Å². The van der Waals surface area contributed by atoms with Crippen molar-refractivity contribution in [2.45, 2.75) is 45.3 Å². The topological polar surface area (TPSA) is 35.5 Å². The molecule has 0 N–H and O–H groups in total. The van der Waals surface area contributed by atoms with Gasteiger partial charge in [-0.1, -0.05) is 11.6 Å². The lowest BCUT2D eigenvalue weighted by molar-refractivity contribution is -0.183. The van der Waals surface area contributed by atoms with Crippen LogP contribution in [0.5, 0.6) is 0 Å². The molecule has 3 nitrogen and oxygen atoms in total. The molecule has 1 saturated heterocycles. The third-order valence-electron chi connectivity index (χ3n) is 4.29. The minimum Gasteiger partial charge on any atom is -0.435 e. The highest BCUT2D eigenvalue weighted by Crippen LogP contribution is 2.53. The second kappa shape index (κ2) is 3.59. The molecule has 1 aliphatic heterocycles. The first-order valence-electron chi connectivity index (χ1n) is 6.19. The Bertz CT molecular complexity index is 341. The molecule has 0 aromatic rings. The molecular formula is C13H18O3. The maximum atomic E-state index is 12.2. The van der Waals surface area contributed by atoms with Gasteiger partial charge in [0, 0.05) is 6.42 Å². The highest BCUT2D eigenvalue weighted by Gasteiger charge is 2.50. The number of fused-ring (bicyclic) bond motifs is 2. The van der Waals surface area contributed by atoms with Crippen molar-refractivity contribution in [3.8, 4) is 0 Å². The minimum atomic E-state index is -0.282. The van der Waals surface area contributed by atoms with Crippen LogP contribution in [0.4, 0.5) is 0 Å². The van der Waals surface area contributed by atoms with Crippen molar-refractivity contribution in [3.05, 3.63) is 11.6 Å². The van der Waals surface area contributed by atoms with Gasteiger partial charge in [0.15, 0.2) is 0 Å². The highest BCUT2D eigenvalue weighted by atomic mass is 16.7. The van der Waals surface area contributed by atoms with Crippen molar-refractivity contribution >= 4 is 5.97 Å². The molecule has 1 heterocycles. The van der Waals surface area contributed by atoms with E-state index in [4.69, 9.17) is 9.47 Å². The van der Waals surface area contributed by atoms with E-state index in [0.29, 0.717) is 5.92 Å². The zero-order valence-corrected chi connectivity index (χ0v) is 9.70. The molecule has 0 aromatic heterocycles. The van der Waals surface area contributed by atoms with E-state index in [1.807, 2.05) is 0 Å². The van der Waals surface area contributed by atoms with Crippen molar-refractivity contribution in [1.82, 2.24) is 0 Å². The molecule has 0 aromatic carbocycles. The van der Waals surface area contributed by atoms with Crippen LogP contribution in [0.2, 0.25) is 0 Å². The number of carbonyl (C=O) groups excluding carboxylic acids is 1. The Kier molecular flexibility index (Phi) is 2.32. The molecule has 3 aliphatic rings. The van der Waals surface area contributed by atoms with E-state index in [9.17, 15) is 4.79 Å². The smallest absolute Gasteiger partial charge is 0.314 e. The van der Waals surface area contributed by atoms with E-state index >= 15 is 0 Å². The molecule has 3 heteroatoms. The minimum absolute atomic E-state index is 0.0486. The molecular weight excluding hydrogens is 204 g/mol. The largest absolute Gasteiger partial charge is 0.435 e. The van der Waals surface area contributed by atoms with Crippen molar-refractivity contribution in [3.63, 3.8) is 0 Å². The number of hydrogen-bond acceptors (Lipinski definition) is 3. The second-order valence-corrected chi connectivity index (χ2v) is 5.44. The molecule has 0 spiro atoms. The van der Waals surface area contributed by atoms with E-state index in [-0.39, 0.29) is 17.7 Å². The zero-order valence-electron chi connectivity index (χ0n) is 9.70. The molecule has 0 amide bonds. The summed E-state index contributed by atoms with van der Waals surface area (Å²) in [7, 11) is 0. The van der Waals surface area contributed by atoms with Crippen LogP contribution in [0.3, 0.4) is 0 Å². The Hall–Kier alpha value is -0.830. The van der Waals surface area contributed by atoms with Gasteiger partial charge in [-0.3, -0.25) is 4.79 Å². The Morgan fingerprint density at radius 3 is 3.06 bits per heavy atom. The van der Waals surface area contributed by atoms with Gasteiger partial charge in [-0.15, -0.1) is 0 Å². The fourth-order valence-corrected chi connectivity index (χ4v) is 3.17. The third-order valence-corrected chi connectivity index (χ3v) is 4.29. The van der Waals surface area contributed by atoms with Gasteiger partial charge in [-0.2, -0.15) is 0 Å². The van der Waals surface area contributed by atoms with Gasteiger partial charge in [-0.05, 0) is 38.5 Å². The van der Waals surface area contributed by atoms with Gasteiger partial charge in [0.25, 0.3) is 0 Å². The first-order chi connectivity index (χ1) is 7.68. The van der Waals surface area contributed by atoms with Crippen LogP contribution in [-0.2, 0) is 14.3 Å². The fourth-order valence-electron chi connectivity index (χ4n) is 3.17. The molecule has 16 heavy (non-hydrogen) atoms. The lowest BCUT2D eigenvalue weighted by Gasteiger charge is -2.30. The Morgan fingerprint density at radius 2 is 2.50 bits per heavy atom.